The minimum absolute atomic E-state index is 0.0990. The fourth-order valence-electron chi connectivity index (χ4n) is 2.15. The predicted octanol–water partition coefficient (Wildman–Crippen LogP) is 2.33. The van der Waals surface area contributed by atoms with Crippen molar-refractivity contribution in [2.75, 3.05) is 11.9 Å². The molecule has 1 amide bonds. The number of pyridine rings is 1. The van der Waals surface area contributed by atoms with Gasteiger partial charge in [-0.1, -0.05) is 22.9 Å². The van der Waals surface area contributed by atoms with Gasteiger partial charge in [-0.2, -0.15) is 0 Å². The van der Waals surface area contributed by atoms with Crippen LogP contribution in [0.15, 0.2) is 24.5 Å². The molecule has 4 heteroatoms. The van der Waals surface area contributed by atoms with Crippen molar-refractivity contribution >= 4 is 21.8 Å². The van der Waals surface area contributed by atoms with Crippen molar-refractivity contribution in [3.8, 4) is 0 Å². The number of amides is 1. The number of carbonyl (C=O) groups is 1. The molecular formula is C12H15BrN2O. The zero-order valence-corrected chi connectivity index (χ0v) is 10.9. The third-order valence-electron chi connectivity index (χ3n) is 3.21. The largest absolute Gasteiger partial charge is 0.334 e. The molecule has 3 nitrogen and oxygen atoms in total. The fraction of sp³-hybridized carbons (Fsp3) is 0.500. The number of halogens is 1. The second-order valence-electron chi connectivity index (χ2n) is 4.23. The standard InChI is InChI=1S/C12H15BrN2O/c1-9-4-6-15(11(9)7-13)12(16)10-3-2-5-14-8-10/h2-3,5,8-9,11H,4,6-7H2,1H3. The van der Waals surface area contributed by atoms with Crippen LogP contribution in [0.3, 0.4) is 0 Å². The molecule has 0 radical (unpaired) electrons. The van der Waals surface area contributed by atoms with E-state index < -0.39 is 0 Å². The monoisotopic (exact) mass is 282 g/mol. The molecule has 1 aromatic rings. The molecule has 16 heavy (non-hydrogen) atoms. The van der Waals surface area contributed by atoms with Gasteiger partial charge in [-0.05, 0) is 24.5 Å². The van der Waals surface area contributed by atoms with Gasteiger partial charge in [0.05, 0.1) is 5.56 Å². The van der Waals surface area contributed by atoms with Crippen molar-refractivity contribution in [1.29, 1.82) is 0 Å². The maximum Gasteiger partial charge on any atom is 0.255 e. The van der Waals surface area contributed by atoms with Gasteiger partial charge in [-0.3, -0.25) is 9.78 Å². The average Bonchev–Trinajstić information content (AvgIpc) is 2.70. The van der Waals surface area contributed by atoms with Crippen LogP contribution in [0.4, 0.5) is 0 Å². The average molecular weight is 283 g/mol. The zero-order chi connectivity index (χ0) is 11.5. The van der Waals surface area contributed by atoms with Gasteiger partial charge in [0.1, 0.15) is 0 Å². The van der Waals surface area contributed by atoms with Gasteiger partial charge in [-0.25, -0.2) is 0 Å². The Kier molecular flexibility index (Phi) is 3.59. The maximum atomic E-state index is 12.2. The summed E-state index contributed by atoms with van der Waals surface area (Å²) >= 11 is 3.49. The van der Waals surface area contributed by atoms with Crippen molar-refractivity contribution in [1.82, 2.24) is 9.88 Å². The number of alkyl halides is 1. The van der Waals surface area contributed by atoms with Crippen LogP contribution < -0.4 is 0 Å². The van der Waals surface area contributed by atoms with Crippen LogP contribution in [0.1, 0.15) is 23.7 Å². The van der Waals surface area contributed by atoms with E-state index in [0.29, 0.717) is 17.5 Å². The summed E-state index contributed by atoms with van der Waals surface area (Å²) in [6.45, 7) is 3.05. The van der Waals surface area contributed by atoms with Crippen LogP contribution in [0.2, 0.25) is 0 Å². The van der Waals surface area contributed by atoms with E-state index in [9.17, 15) is 4.79 Å². The second kappa shape index (κ2) is 4.95. The summed E-state index contributed by atoms with van der Waals surface area (Å²) in [5.41, 5.74) is 0.683. The third kappa shape index (κ3) is 2.12. The molecule has 0 bridgehead atoms. The number of rotatable bonds is 2. The number of likely N-dealkylation sites (tertiary alicyclic amines) is 1. The molecule has 2 heterocycles. The number of hydrogen-bond donors (Lipinski definition) is 0. The summed E-state index contributed by atoms with van der Waals surface area (Å²) in [7, 11) is 0. The van der Waals surface area contributed by atoms with E-state index in [0.717, 1.165) is 18.3 Å². The van der Waals surface area contributed by atoms with E-state index in [-0.39, 0.29) is 5.91 Å². The summed E-state index contributed by atoms with van der Waals surface area (Å²) in [5, 5.41) is 0.847. The highest BCUT2D eigenvalue weighted by atomic mass is 79.9. The van der Waals surface area contributed by atoms with Gasteiger partial charge < -0.3 is 4.90 Å². The van der Waals surface area contributed by atoms with Gasteiger partial charge >= 0.3 is 0 Å². The Balaban J connectivity index is 2.17. The molecule has 0 saturated carbocycles. The van der Waals surface area contributed by atoms with E-state index in [1.165, 1.54) is 0 Å². The minimum atomic E-state index is 0.0990. The van der Waals surface area contributed by atoms with Crippen LogP contribution >= 0.6 is 15.9 Å². The highest BCUT2D eigenvalue weighted by Crippen LogP contribution is 2.26. The van der Waals surface area contributed by atoms with Crippen LogP contribution in [-0.2, 0) is 0 Å². The van der Waals surface area contributed by atoms with E-state index in [2.05, 4.69) is 27.8 Å². The number of hydrogen-bond acceptors (Lipinski definition) is 2. The second-order valence-corrected chi connectivity index (χ2v) is 4.88. The lowest BCUT2D eigenvalue weighted by Gasteiger charge is -2.25. The Morgan fingerprint density at radius 2 is 2.50 bits per heavy atom. The van der Waals surface area contributed by atoms with Gasteiger partial charge in [-0.15, -0.1) is 0 Å². The Morgan fingerprint density at radius 1 is 1.69 bits per heavy atom. The molecule has 1 aromatic heterocycles. The molecule has 1 aliphatic heterocycles. The molecular weight excluding hydrogens is 268 g/mol. The normalized spacial score (nSPS) is 24.8. The number of nitrogens with zero attached hydrogens (tertiary/aromatic N) is 2. The molecule has 1 fully saturated rings. The van der Waals surface area contributed by atoms with Crippen molar-refractivity contribution in [3.63, 3.8) is 0 Å². The van der Waals surface area contributed by atoms with E-state index in [1.807, 2.05) is 11.0 Å². The van der Waals surface area contributed by atoms with Crippen molar-refractivity contribution in [2.24, 2.45) is 5.92 Å². The Labute approximate surface area is 104 Å². The quantitative estimate of drug-likeness (QED) is 0.780. The molecule has 0 N–H and O–H groups in total. The summed E-state index contributed by atoms with van der Waals surface area (Å²) in [6.07, 6.45) is 4.41. The number of aromatic nitrogens is 1. The molecule has 0 spiro atoms. The van der Waals surface area contributed by atoms with Gasteiger partial charge in [0.2, 0.25) is 0 Å². The first kappa shape index (κ1) is 11.6. The minimum Gasteiger partial charge on any atom is -0.334 e. The van der Waals surface area contributed by atoms with Crippen LogP contribution in [0, 0.1) is 5.92 Å². The first-order valence-electron chi connectivity index (χ1n) is 5.51. The Morgan fingerprint density at radius 3 is 3.12 bits per heavy atom. The van der Waals surface area contributed by atoms with Crippen molar-refractivity contribution in [3.05, 3.63) is 30.1 Å². The molecule has 1 aliphatic rings. The van der Waals surface area contributed by atoms with Gasteiger partial charge in [0.15, 0.2) is 0 Å². The van der Waals surface area contributed by atoms with Crippen molar-refractivity contribution < 1.29 is 4.79 Å². The summed E-state index contributed by atoms with van der Waals surface area (Å²) < 4.78 is 0. The highest BCUT2D eigenvalue weighted by molar-refractivity contribution is 9.09. The fourth-order valence-corrected chi connectivity index (χ4v) is 3.14. The zero-order valence-electron chi connectivity index (χ0n) is 9.27. The Bertz CT molecular complexity index is 369. The number of carbonyl (C=O) groups excluding carboxylic acids is 1. The lowest BCUT2D eigenvalue weighted by molar-refractivity contribution is 0.0738. The molecule has 0 aliphatic carbocycles. The molecule has 2 rings (SSSR count). The van der Waals surface area contributed by atoms with E-state index in [4.69, 9.17) is 0 Å². The van der Waals surface area contributed by atoms with E-state index in [1.54, 1.807) is 18.5 Å². The summed E-state index contributed by atoms with van der Waals surface area (Å²) in [4.78, 5) is 18.2. The maximum absolute atomic E-state index is 12.2. The first-order chi connectivity index (χ1) is 7.74. The SMILES string of the molecule is CC1CCN(C(=O)c2cccnc2)C1CBr. The summed E-state index contributed by atoms with van der Waals surface area (Å²) in [6, 6.07) is 3.94. The first-order valence-corrected chi connectivity index (χ1v) is 6.63. The molecule has 0 aromatic carbocycles. The molecule has 2 atom stereocenters. The lowest BCUT2D eigenvalue weighted by atomic mass is 10.1. The van der Waals surface area contributed by atoms with Gasteiger partial charge in [0, 0.05) is 30.3 Å². The highest BCUT2D eigenvalue weighted by Gasteiger charge is 2.33. The molecule has 2 unspecified atom stereocenters. The predicted molar refractivity (Wildman–Crippen MR) is 66.6 cm³/mol. The van der Waals surface area contributed by atoms with E-state index >= 15 is 0 Å². The smallest absolute Gasteiger partial charge is 0.255 e. The lowest BCUT2D eigenvalue weighted by Crippen LogP contribution is -2.38. The molecule has 86 valence electrons. The third-order valence-corrected chi connectivity index (χ3v) is 3.87. The topological polar surface area (TPSA) is 33.2 Å². The van der Waals surface area contributed by atoms with Crippen LogP contribution in [-0.4, -0.2) is 33.7 Å². The molecule has 1 saturated heterocycles. The van der Waals surface area contributed by atoms with Crippen LogP contribution in [0.5, 0.6) is 0 Å². The summed E-state index contributed by atoms with van der Waals surface area (Å²) in [5.74, 6) is 0.668. The van der Waals surface area contributed by atoms with Gasteiger partial charge in [0.25, 0.3) is 5.91 Å². The Hall–Kier alpha value is -0.900. The van der Waals surface area contributed by atoms with Crippen molar-refractivity contribution in [2.45, 2.75) is 19.4 Å². The van der Waals surface area contributed by atoms with Crippen LogP contribution in [0.25, 0.3) is 0 Å².